The second kappa shape index (κ2) is 8.25. The first-order valence-corrected chi connectivity index (χ1v) is 8.53. The first-order chi connectivity index (χ1) is 12.4. The number of benzene rings is 1. The highest BCUT2D eigenvalue weighted by atomic mass is 19.2. The van der Waals surface area contributed by atoms with Gasteiger partial charge in [-0.1, -0.05) is 18.2 Å². The van der Waals surface area contributed by atoms with Crippen LogP contribution in [0.4, 0.5) is 8.78 Å². The molecule has 1 saturated carbocycles. The van der Waals surface area contributed by atoms with Crippen molar-refractivity contribution in [3.05, 3.63) is 52.6 Å². The van der Waals surface area contributed by atoms with Crippen molar-refractivity contribution in [1.82, 2.24) is 0 Å². The highest BCUT2D eigenvalue weighted by molar-refractivity contribution is 6.02. The van der Waals surface area contributed by atoms with Gasteiger partial charge in [-0.05, 0) is 62.5 Å². The van der Waals surface area contributed by atoms with Crippen LogP contribution in [0.1, 0.15) is 39.2 Å². The van der Waals surface area contributed by atoms with Crippen LogP contribution in [0, 0.1) is 17.0 Å². The normalized spacial score (nSPS) is 19.0. The van der Waals surface area contributed by atoms with Gasteiger partial charge in [-0.15, -0.1) is 0 Å². The molecule has 1 aromatic rings. The maximum Gasteiger partial charge on any atom is 0.324 e. The molecule has 26 heavy (non-hydrogen) atoms. The first-order valence-electron chi connectivity index (χ1n) is 8.53. The molecule has 1 aromatic carbocycles. The molecule has 0 aromatic heterocycles. The third kappa shape index (κ3) is 3.84. The quantitative estimate of drug-likeness (QED) is 0.580. The van der Waals surface area contributed by atoms with E-state index >= 15 is 0 Å². The number of halogens is 2. The molecule has 0 amide bonds. The summed E-state index contributed by atoms with van der Waals surface area (Å²) >= 11 is 0. The molecule has 0 spiro atoms. The molecule has 0 aliphatic heterocycles. The van der Waals surface area contributed by atoms with Gasteiger partial charge < -0.3 is 9.47 Å². The van der Waals surface area contributed by atoms with Gasteiger partial charge in [0, 0.05) is 0 Å². The van der Waals surface area contributed by atoms with E-state index in [-0.39, 0.29) is 26.1 Å². The summed E-state index contributed by atoms with van der Waals surface area (Å²) in [6.07, 6.45) is 3.68. The third-order valence-electron chi connectivity index (χ3n) is 4.36. The van der Waals surface area contributed by atoms with E-state index in [1.165, 1.54) is 6.07 Å². The van der Waals surface area contributed by atoms with Gasteiger partial charge in [0.2, 0.25) is 0 Å². The molecule has 1 fully saturated rings. The Kier molecular flexibility index (Phi) is 6.29. The number of hydrogen-bond acceptors (Lipinski definition) is 4. The number of hydrogen-bond donors (Lipinski definition) is 0. The standard InChI is InChI=1S/C20H22F2O4/c1-4-14-11-20(18(23)25-5-2,19(24)26-6-3)12-15(14)9-13-7-8-16(21)17(22)10-13/h4,7-10H,5-6,11-12H2,1-3H3/b14-4+,15-9-. The predicted molar refractivity (Wildman–Crippen MR) is 93.0 cm³/mol. The molecule has 1 aliphatic rings. The van der Waals surface area contributed by atoms with Crippen molar-refractivity contribution in [2.24, 2.45) is 5.41 Å². The zero-order valence-corrected chi connectivity index (χ0v) is 15.1. The Balaban J connectivity index is 2.45. The summed E-state index contributed by atoms with van der Waals surface area (Å²) in [4.78, 5) is 25.1. The SMILES string of the molecule is C/C=C1\CC(C(=O)OCC)(C(=O)OCC)C\C1=C\c1ccc(F)c(F)c1. The number of carbonyl (C=O) groups is 2. The minimum absolute atomic E-state index is 0.0866. The largest absolute Gasteiger partial charge is 0.465 e. The molecule has 140 valence electrons. The van der Waals surface area contributed by atoms with Gasteiger partial charge >= 0.3 is 11.9 Å². The van der Waals surface area contributed by atoms with Gasteiger partial charge in [0.05, 0.1) is 13.2 Å². The molecule has 0 heterocycles. The summed E-state index contributed by atoms with van der Waals surface area (Å²) < 4.78 is 36.8. The van der Waals surface area contributed by atoms with Crippen LogP contribution in [0.3, 0.4) is 0 Å². The fourth-order valence-corrected chi connectivity index (χ4v) is 3.08. The Morgan fingerprint density at radius 3 is 2.12 bits per heavy atom. The summed E-state index contributed by atoms with van der Waals surface area (Å²) in [7, 11) is 0. The van der Waals surface area contributed by atoms with E-state index in [0.29, 0.717) is 11.1 Å². The van der Waals surface area contributed by atoms with Crippen molar-refractivity contribution < 1.29 is 27.8 Å². The van der Waals surface area contributed by atoms with Gasteiger partial charge in [-0.25, -0.2) is 8.78 Å². The number of ether oxygens (including phenoxy) is 2. The van der Waals surface area contributed by atoms with Gasteiger partial charge in [0.25, 0.3) is 0 Å². The summed E-state index contributed by atoms with van der Waals surface area (Å²) in [6, 6.07) is 3.55. The van der Waals surface area contributed by atoms with E-state index in [1.54, 1.807) is 32.9 Å². The lowest BCUT2D eigenvalue weighted by molar-refractivity contribution is -0.171. The number of rotatable bonds is 5. The summed E-state index contributed by atoms with van der Waals surface area (Å²) in [5, 5.41) is 0. The molecule has 1 aliphatic carbocycles. The minimum atomic E-state index is -1.45. The highest BCUT2D eigenvalue weighted by Gasteiger charge is 2.54. The van der Waals surface area contributed by atoms with Crippen LogP contribution >= 0.6 is 0 Å². The van der Waals surface area contributed by atoms with Crippen LogP contribution in [-0.4, -0.2) is 25.2 Å². The van der Waals surface area contributed by atoms with Gasteiger partial charge in [0.15, 0.2) is 17.0 Å². The molecule has 0 bridgehead atoms. The lowest BCUT2D eigenvalue weighted by atomic mass is 9.85. The topological polar surface area (TPSA) is 52.6 Å². The number of allylic oxidation sites excluding steroid dienone is 3. The van der Waals surface area contributed by atoms with E-state index in [1.807, 2.05) is 0 Å². The molecule has 6 heteroatoms. The van der Waals surface area contributed by atoms with Crippen LogP contribution in [0.15, 0.2) is 35.4 Å². The zero-order chi connectivity index (χ0) is 19.3. The fourth-order valence-electron chi connectivity index (χ4n) is 3.08. The highest BCUT2D eigenvalue weighted by Crippen LogP contribution is 2.47. The molecule has 0 radical (unpaired) electrons. The molecule has 0 N–H and O–H groups in total. The van der Waals surface area contributed by atoms with Crippen LogP contribution in [0.5, 0.6) is 0 Å². The predicted octanol–water partition coefficient (Wildman–Crippen LogP) is 4.20. The maximum atomic E-state index is 13.5. The van der Waals surface area contributed by atoms with E-state index < -0.39 is 29.0 Å². The van der Waals surface area contributed by atoms with Gasteiger partial charge in [-0.3, -0.25) is 9.59 Å². The molecule has 4 nitrogen and oxygen atoms in total. The molecular weight excluding hydrogens is 342 g/mol. The molecule has 0 saturated heterocycles. The Morgan fingerprint density at radius 2 is 1.62 bits per heavy atom. The minimum Gasteiger partial charge on any atom is -0.465 e. The van der Waals surface area contributed by atoms with Crippen molar-refractivity contribution >= 4 is 18.0 Å². The first kappa shape index (κ1) is 19.8. The van der Waals surface area contributed by atoms with E-state index in [0.717, 1.165) is 17.7 Å². The molecule has 0 atom stereocenters. The van der Waals surface area contributed by atoms with Crippen LogP contribution in [0.2, 0.25) is 0 Å². The van der Waals surface area contributed by atoms with E-state index in [9.17, 15) is 18.4 Å². The Morgan fingerprint density at radius 1 is 1.04 bits per heavy atom. The Bertz CT molecular complexity index is 747. The fraction of sp³-hybridized carbons (Fsp3) is 0.400. The summed E-state index contributed by atoms with van der Waals surface area (Å²) in [5.41, 5.74) is 0.468. The number of carbonyl (C=O) groups excluding carboxylic acids is 2. The summed E-state index contributed by atoms with van der Waals surface area (Å²) in [5.74, 6) is -3.16. The van der Waals surface area contributed by atoms with Crippen molar-refractivity contribution in [2.45, 2.75) is 33.6 Å². The second-order valence-corrected chi connectivity index (χ2v) is 6.03. The van der Waals surface area contributed by atoms with Crippen molar-refractivity contribution in [2.75, 3.05) is 13.2 Å². The Labute approximate surface area is 151 Å². The lowest BCUT2D eigenvalue weighted by Gasteiger charge is -2.23. The lowest BCUT2D eigenvalue weighted by Crippen LogP contribution is -2.39. The maximum absolute atomic E-state index is 13.5. The molecule has 0 unspecified atom stereocenters. The smallest absolute Gasteiger partial charge is 0.324 e. The van der Waals surface area contributed by atoms with Crippen molar-refractivity contribution in [1.29, 1.82) is 0 Å². The van der Waals surface area contributed by atoms with Gasteiger partial charge in [-0.2, -0.15) is 0 Å². The van der Waals surface area contributed by atoms with Crippen LogP contribution in [-0.2, 0) is 19.1 Å². The average Bonchev–Trinajstić information content (AvgIpc) is 2.98. The Hall–Kier alpha value is -2.50. The number of esters is 2. The van der Waals surface area contributed by atoms with Gasteiger partial charge in [0.1, 0.15) is 0 Å². The van der Waals surface area contributed by atoms with Crippen molar-refractivity contribution in [3.8, 4) is 0 Å². The van der Waals surface area contributed by atoms with Crippen LogP contribution < -0.4 is 0 Å². The third-order valence-corrected chi connectivity index (χ3v) is 4.36. The second-order valence-electron chi connectivity index (χ2n) is 6.03. The van der Waals surface area contributed by atoms with E-state index in [4.69, 9.17) is 9.47 Å². The monoisotopic (exact) mass is 364 g/mol. The molecular formula is C20H22F2O4. The average molecular weight is 364 g/mol. The van der Waals surface area contributed by atoms with Crippen LogP contribution in [0.25, 0.3) is 6.08 Å². The zero-order valence-electron chi connectivity index (χ0n) is 15.1. The van der Waals surface area contributed by atoms with Crippen molar-refractivity contribution in [3.63, 3.8) is 0 Å². The molecule has 2 rings (SSSR count). The summed E-state index contributed by atoms with van der Waals surface area (Å²) in [6.45, 7) is 5.42. The van der Waals surface area contributed by atoms with E-state index in [2.05, 4.69) is 0 Å².